The van der Waals surface area contributed by atoms with E-state index in [0.717, 1.165) is 5.56 Å². The van der Waals surface area contributed by atoms with Gasteiger partial charge in [0, 0.05) is 33.0 Å². The number of aromatic nitrogens is 4. The summed E-state index contributed by atoms with van der Waals surface area (Å²) in [4.78, 5) is 20.6. The Morgan fingerprint density at radius 3 is 2.69 bits per heavy atom. The molecule has 0 aliphatic heterocycles. The van der Waals surface area contributed by atoms with Crippen LogP contribution in [0.15, 0.2) is 59.6 Å². The van der Waals surface area contributed by atoms with E-state index >= 15 is 0 Å². The van der Waals surface area contributed by atoms with Gasteiger partial charge >= 0.3 is 0 Å². The molecule has 5 aromatic rings. The van der Waals surface area contributed by atoms with Gasteiger partial charge in [-0.1, -0.05) is 29.8 Å². The van der Waals surface area contributed by atoms with Crippen LogP contribution in [0.1, 0.15) is 0 Å². The first-order valence-electron chi connectivity index (χ1n) is 8.50. The molecule has 0 saturated carbocycles. The Kier molecular flexibility index (Phi) is 4.15. The molecule has 0 unspecified atom stereocenters. The summed E-state index contributed by atoms with van der Waals surface area (Å²) in [6.07, 6.45) is 3.14. The highest BCUT2D eigenvalue weighted by atomic mass is 35.5. The highest BCUT2D eigenvalue weighted by Gasteiger charge is 2.22. The maximum Gasteiger partial charge on any atom is 0.298 e. The van der Waals surface area contributed by atoms with E-state index in [1.54, 1.807) is 23.6 Å². The lowest BCUT2D eigenvalue weighted by Gasteiger charge is -2.05. The topological polar surface area (TPSA) is 94.7 Å². The van der Waals surface area contributed by atoms with Gasteiger partial charge in [0.25, 0.3) is 5.69 Å². The number of hydrogen-bond acceptors (Lipinski definition) is 7. The fourth-order valence-electron chi connectivity index (χ4n) is 3.24. The van der Waals surface area contributed by atoms with Crippen molar-refractivity contribution in [3.8, 4) is 22.5 Å². The van der Waals surface area contributed by atoms with Crippen LogP contribution in [0, 0.1) is 10.1 Å². The van der Waals surface area contributed by atoms with E-state index in [2.05, 4.69) is 15.2 Å². The molecule has 3 heterocycles. The van der Waals surface area contributed by atoms with Crippen molar-refractivity contribution >= 4 is 50.4 Å². The number of nitro benzene ring substituents is 1. The predicted molar refractivity (Wildman–Crippen MR) is 113 cm³/mol. The van der Waals surface area contributed by atoms with Crippen molar-refractivity contribution in [3.05, 3.63) is 74.7 Å². The minimum Gasteiger partial charge on any atom is -0.258 e. The van der Waals surface area contributed by atoms with Crippen molar-refractivity contribution < 1.29 is 4.92 Å². The normalized spacial score (nSPS) is 11.2. The second kappa shape index (κ2) is 6.84. The number of benzene rings is 2. The van der Waals surface area contributed by atoms with E-state index in [0.29, 0.717) is 38.3 Å². The molecule has 0 spiro atoms. The molecule has 0 aliphatic carbocycles. The number of hydrogen-bond donors (Lipinski definition) is 0. The Bertz CT molecular complexity index is 1410. The second-order valence-electron chi connectivity index (χ2n) is 6.25. The lowest BCUT2D eigenvalue weighted by atomic mass is 10.0. The Morgan fingerprint density at radius 1 is 1.07 bits per heavy atom. The molecule has 0 N–H and O–H groups in total. The molecule has 9 heteroatoms. The summed E-state index contributed by atoms with van der Waals surface area (Å²) in [6, 6.07) is 10.6. The van der Waals surface area contributed by atoms with E-state index in [4.69, 9.17) is 16.6 Å². The molecule has 0 aliphatic rings. The average molecular weight is 420 g/mol. The van der Waals surface area contributed by atoms with Gasteiger partial charge in [-0.05, 0) is 17.5 Å². The van der Waals surface area contributed by atoms with Crippen LogP contribution in [0.2, 0.25) is 5.02 Å². The molecule has 29 heavy (non-hydrogen) atoms. The van der Waals surface area contributed by atoms with Gasteiger partial charge in [0.05, 0.1) is 39.6 Å². The van der Waals surface area contributed by atoms with Crippen LogP contribution in [-0.4, -0.2) is 25.1 Å². The van der Waals surface area contributed by atoms with E-state index in [9.17, 15) is 10.1 Å². The fourth-order valence-corrected chi connectivity index (χ4v) is 4.12. The van der Waals surface area contributed by atoms with Gasteiger partial charge in [-0.2, -0.15) is 16.4 Å². The number of nitro groups is 1. The number of rotatable bonds is 3. The molecule has 0 saturated heterocycles. The van der Waals surface area contributed by atoms with Gasteiger partial charge in [-0.15, -0.1) is 5.10 Å². The molecule has 5 rings (SSSR count). The van der Waals surface area contributed by atoms with Gasteiger partial charge in [0.1, 0.15) is 0 Å². The summed E-state index contributed by atoms with van der Waals surface area (Å²) < 4.78 is 0. The standard InChI is InChI=1S/C20H10ClN5O2S/c21-15-4-2-1-3-12(15)19-13-7-17(26(27)28)20-14(8-23-25-20)18(13)22-9-16(24-19)11-5-6-29-10-11/h1-10H. The first-order chi connectivity index (χ1) is 14.1. The highest BCUT2D eigenvalue weighted by molar-refractivity contribution is 7.08. The van der Waals surface area contributed by atoms with Crippen LogP contribution in [0.3, 0.4) is 0 Å². The Labute approximate surface area is 172 Å². The van der Waals surface area contributed by atoms with Crippen molar-refractivity contribution in [1.29, 1.82) is 0 Å². The van der Waals surface area contributed by atoms with Gasteiger partial charge in [-0.25, -0.2) is 4.98 Å². The minimum atomic E-state index is -0.473. The minimum absolute atomic E-state index is 0.148. The lowest BCUT2D eigenvalue weighted by molar-refractivity contribution is -0.383. The van der Waals surface area contributed by atoms with Crippen LogP contribution in [-0.2, 0) is 0 Å². The summed E-state index contributed by atoms with van der Waals surface area (Å²) >= 11 is 8.01. The number of nitrogens with zero attached hydrogens (tertiary/aromatic N) is 5. The molecule has 0 fully saturated rings. The van der Waals surface area contributed by atoms with Gasteiger partial charge < -0.3 is 0 Å². The van der Waals surface area contributed by atoms with Crippen molar-refractivity contribution in [2.45, 2.75) is 0 Å². The molecule has 7 nitrogen and oxygen atoms in total. The molecule has 3 aromatic heterocycles. The zero-order valence-corrected chi connectivity index (χ0v) is 16.2. The second-order valence-corrected chi connectivity index (χ2v) is 7.44. The van der Waals surface area contributed by atoms with Crippen LogP contribution in [0.4, 0.5) is 5.69 Å². The summed E-state index contributed by atoms with van der Waals surface area (Å²) in [7, 11) is 0. The number of non-ortho nitro benzene ring substituents is 1. The van der Waals surface area contributed by atoms with Crippen molar-refractivity contribution in [1.82, 2.24) is 20.2 Å². The molecule has 0 atom stereocenters. The highest BCUT2D eigenvalue weighted by Crippen LogP contribution is 2.37. The summed E-state index contributed by atoms with van der Waals surface area (Å²) in [6.45, 7) is 0. The first kappa shape index (κ1) is 17.6. The van der Waals surface area contributed by atoms with Crippen LogP contribution in [0.25, 0.3) is 44.3 Å². The van der Waals surface area contributed by atoms with E-state index in [1.807, 2.05) is 35.0 Å². The molecular weight excluding hydrogens is 410 g/mol. The lowest BCUT2D eigenvalue weighted by Crippen LogP contribution is -1.92. The van der Waals surface area contributed by atoms with Gasteiger partial charge in [-0.3, -0.25) is 15.1 Å². The number of thiophene rings is 1. The largest absolute Gasteiger partial charge is 0.298 e. The maximum atomic E-state index is 11.7. The summed E-state index contributed by atoms with van der Waals surface area (Å²) in [5.41, 5.74) is 3.29. The van der Waals surface area contributed by atoms with Crippen molar-refractivity contribution in [2.24, 2.45) is 0 Å². The van der Waals surface area contributed by atoms with Crippen LogP contribution < -0.4 is 0 Å². The van der Waals surface area contributed by atoms with Crippen LogP contribution in [0.5, 0.6) is 0 Å². The third kappa shape index (κ3) is 2.89. The molecule has 2 aromatic carbocycles. The van der Waals surface area contributed by atoms with E-state index < -0.39 is 4.92 Å². The number of fused-ring (bicyclic) bond motifs is 3. The molecular formula is C20H10ClN5O2S. The maximum absolute atomic E-state index is 11.7. The quantitative estimate of drug-likeness (QED) is 0.282. The fraction of sp³-hybridized carbons (Fsp3) is 0. The average Bonchev–Trinajstić information content (AvgIpc) is 3.38. The number of halogens is 1. The smallest absolute Gasteiger partial charge is 0.258 e. The van der Waals surface area contributed by atoms with Crippen LogP contribution >= 0.6 is 22.9 Å². The van der Waals surface area contributed by atoms with E-state index in [1.165, 1.54) is 12.3 Å². The summed E-state index contributed by atoms with van der Waals surface area (Å²) in [5, 5.41) is 24.9. The van der Waals surface area contributed by atoms with Gasteiger partial charge in [0.2, 0.25) is 0 Å². The van der Waals surface area contributed by atoms with E-state index in [-0.39, 0.29) is 11.2 Å². The molecule has 140 valence electrons. The SMILES string of the molecule is O=[N+]([O-])c1cc2c(-c3ccccc3Cl)nc(-c3ccsc3)cnc2c2cnnc12. The predicted octanol–water partition coefficient (Wildman–Crippen LogP) is 5.53. The Morgan fingerprint density at radius 2 is 1.93 bits per heavy atom. The first-order valence-corrected chi connectivity index (χ1v) is 9.82. The third-order valence-corrected chi connectivity index (χ3v) is 5.59. The molecule has 0 amide bonds. The zero-order valence-electron chi connectivity index (χ0n) is 14.6. The monoisotopic (exact) mass is 419 g/mol. The Balaban J connectivity index is 1.99. The van der Waals surface area contributed by atoms with Crippen molar-refractivity contribution in [2.75, 3.05) is 0 Å². The zero-order chi connectivity index (χ0) is 20.0. The Hall–Kier alpha value is -3.49. The summed E-state index contributed by atoms with van der Waals surface area (Å²) in [5.74, 6) is 0. The van der Waals surface area contributed by atoms with Gasteiger partial charge in [0.15, 0.2) is 5.52 Å². The molecule has 0 radical (unpaired) electrons. The third-order valence-electron chi connectivity index (χ3n) is 4.58. The molecule has 0 bridgehead atoms. The van der Waals surface area contributed by atoms with Crippen molar-refractivity contribution in [3.63, 3.8) is 0 Å².